The number of anilines is 1. The highest BCUT2D eigenvalue weighted by Crippen LogP contribution is 2.24. The first-order valence-electron chi connectivity index (χ1n) is 8.27. The molecule has 0 radical (unpaired) electrons. The molecule has 6 nitrogen and oxygen atoms in total. The van der Waals surface area contributed by atoms with Gasteiger partial charge in [-0.2, -0.15) is 0 Å². The van der Waals surface area contributed by atoms with E-state index < -0.39 is 0 Å². The molecule has 0 aromatic heterocycles. The molecule has 0 saturated carbocycles. The zero-order valence-electron chi connectivity index (χ0n) is 14.4. The number of carbonyl (C=O) groups excluding carboxylic acids is 1. The summed E-state index contributed by atoms with van der Waals surface area (Å²) in [7, 11) is 1.68. The number of hydrogen-bond acceptors (Lipinski definition) is 5. The van der Waals surface area contributed by atoms with E-state index in [9.17, 15) is 4.79 Å². The maximum atomic E-state index is 12.3. The van der Waals surface area contributed by atoms with Crippen molar-refractivity contribution in [1.82, 2.24) is 10.6 Å². The van der Waals surface area contributed by atoms with Crippen molar-refractivity contribution in [3.8, 4) is 5.75 Å². The Balaban J connectivity index is 0.00000156. The molecule has 1 aromatic carbocycles. The highest BCUT2D eigenvalue weighted by molar-refractivity contribution is 5.85. The summed E-state index contributed by atoms with van der Waals surface area (Å²) in [5.74, 6) is 0.902. The first kappa shape index (κ1) is 21.8. The molecule has 8 heteroatoms. The Labute approximate surface area is 161 Å². The number of morpholine rings is 1. The number of piperidine rings is 1. The number of carbonyl (C=O) groups is 1. The van der Waals surface area contributed by atoms with Gasteiger partial charge in [-0.3, -0.25) is 4.79 Å². The van der Waals surface area contributed by atoms with Gasteiger partial charge in [-0.05, 0) is 25.0 Å². The molecule has 0 bridgehead atoms. The van der Waals surface area contributed by atoms with Crippen molar-refractivity contribution in [3.63, 3.8) is 0 Å². The lowest BCUT2D eigenvalue weighted by Crippen LogP contribution is -2.56. The van der Waals surface area contributed by atoms with Crippen molar-refractivity contribution in [2.45, 2.75) is 24.9 Å². The molecular formula is C17H27Cl2N3O3. The van der Waals surface area contributed by atoms with Crippen LogP contribution in [0.1, 0.15) is 12.8 Å². The predicted octanol–water partition coefficient (Wildman–Crippen LogP) is 1.61. The van der Waals surface area contributed by atoms with Gasteiger partial charge in [0.25, 0.3) is 0 Å². The fourth-order valence-corrected chi connectivity index (χ4v) is 3.17. The molecule has 25 heavy (non-hydrogen) atoms. The van der Waals surface area contributed by atoms with Crippen LogP contribution in [-0.4, -0.2) is 57.9 Å². The number of rotatable bonds is 4. The molecule has 2 atom stereocenters. The lowest BCUT2D eigenvalue weighted by molar-refractivity contribution is -0.126. The van der Waals surface area contributed by atoms with Crippen LogP contribution in [0.4, 0.5) is 5.69 Å². The molecule has 142 valence electrons. The smallest absolute Gasteiger partial charge is 0.239 e. The normalized spacial score (nSPS) is 23.0. The van der Waals surface area contributed by atoms with Gasteiger partial charge in [-0.25, -0.2) is 0 Å². The molecule has 2 saturated heterocycles. The van der Waals surface area contributed by atoms with E-state index in [2.05, 4.69) is 21.6 Å². The summed E-state index contributed by atoms with van der Waals surface area (Å²) >= 11 is 0. The predicted molar refractivity (Wildman–Crippen MR) is 103 cm³/mol. The van der Waals surface area contributed by atoms with E-state index in [4.69, 9.17) is 9.47 Å². The summed E-state index contributed by atoms with van der Waals surface area (Å²) in [5, 5.41) is 6.36. The molecule has 0 aliphatic carbocycles. The average molecular weight is 392 g/mol. The molecule has 2 aliphatic rings. The van der Waals surface area contributed by atoms with Crippen LogP contribution in [0.3, 0.4) is 0 Å². The van der Waals surface area contributed by atoms with Gasteiger partial charge in [0, 0.05) is 37.4 Å². The summed E-state index contributed by atoms with van der Waals surface area (Å²) in [4.78, 5) is 14.6. The van der Waals surface area contributed by atoms with Crippen molar-refractivity contribution in [2.75, 3.05) is 44.9 Å². The van der Waals surface area contributed by atoms with Crippen molar-refractivity contribution in [2.24, 2.45) is 0 Å². The number of nitrogens with zero attached hydrogens (tertiary/aromatic N) is 1. The van der Waals surface area contributed by atoms with Crippen molar-refractivity contribution in [1.29, 1.82) is 0 Å². The van der Waals surface area contributed by atoms with Crippen LogP contribution in [0.2, 0.25) is 0 Å². The van der Waals surface area contributed by atoms with Crippen LogP contribution < -0.4 is 20.3 Å². The Morgan fingerprint density at radius 3 is 2.96 bits per heavy atom. The van der Waals surface area contributed by atoms with E-state index in [1.807, 2.05) is 18.2 Å². The van der Waals surface area contributed by atoms with E-state index in [1.165, 1.54) is 0 Å². The summed E-state index contributed by atoms with van der Waals surface area (Å²) < 4.78 is 10.7. The summed E-state index contributed by atoms with van der Waals surface area (Å²) in [6, 6.07) is 8.02. The zero-order valence-corrected chi connectivity index (χ0v) is 16.0. The standard InChI is InChI=1S/C17H25N3O3.2ClH/c1-22-15-6-2-5-14(10-15)20-8-3-4-13(11-20)19-17(21)16-12-23-9-7-18-16;;/h2,5-6,10,13,16,18H,3-4,7-9,11-12H2,1H3,(H,19,21);2*1H. The first-order valence-corrected chi connectivity index (χ1v) is 8.27. The SMILES string of the molecule is COc1cccc(N2CCCC(NC(=O)C3COCCN3)C2)c1.Cl.Cl. The molecular weight excluding hydrogens is 365 g/mol. The maximum absolute atomic E-state index is 12.3. The fraction of sp³-hybridized carbons (Fsp3) is 0.588. The van der Waals surface area contributed by atoms with Crippen LogP contribution in [0.5, 0.6) is 5.75 Å². The number of nitrogens with one attached hydrogen (secondary N) is 2. The van der Waals surface area contributed by atoms with Gasteiger partial charge >= 0.3 is 0 Å². The molecule has 2 unspecified atom stereocenters. The number of ether oxygens (including phenoxy) is 2. The lowest BCUT2D eigenvalue weighted by atomic mass is 10.0. The molecule has 2 heterocycles. The van der Waals surface area contributed by atoms with Crippen LogP contribution in [-0.2, 0) is 9.53 Å². The quantitative estimate of drug-likeness (QED) is 0.816. The molecule has 1 aromatic rings. The minimum absolute atomic E-state index is 0. The van der Waals surface area contributed by atoms with E-state index >= 15 is 0 Å². The van der Waals surface area contributed by atoms with Gasteiger partial charge in [-0.15, -0.1) is 24.8 Å². The van der Waals surface area contributed by atoms with Crippen molar-refractivity contribution in [3.05, 3.63) is 24.3 Å². The van der Waals surface area contributed by atoms with E-state index in [-0.39, 0.29) is 42.8 Å². The monoisotopic (exact) mass is 391 g/mol. The molecule has 1 amide bonds. The topological polar surface area (TPSA) is 62.8 Å². The molecule has 2 fully saturated rings. The lowest BCUT2D eigenvalue weighted by Gasteiger charge is -2.35. The van der Waals surface area contributed by atoms with Gasteiger partial charge in [0.15, 0.2) is 0 Å². The van der Waals surface area contributed by atoms with E-state index in [0.29, 0.717) is 13.2 Å². The largest absolute Gasteiger partial charge is 0.497 e. The third kappa shape index (κ3) is 5.92. The number of benzene rings is 1. The average Bonchev–Trinajstić information content (AvgIpc) is 2.63. The number of hydrogen-bond donors (Lipinski definition) is 2. The molecule has 2 N–H and O–H groups in total. The molecule has 0 spiro atoms. The Bertz CT molecular complexity index is 542. The summed E-state index contributed by atoms with van der Waals surface area (Å²) in [6.07, 6.45) is 2.08. The van der Waals surface area contributed by atoms with Gasteiger partial charge in [0.2, 0.25) is 5.91 Å². The van der Waals surface area contributed by atoms with Gasteiger partial charge in [-0.1, -0.05) is 6.07 Å². The Morgan fingerprint density at radius 2 is 2.24 bits per heavy atom. The minimum Gasteiger partial charge on any atom is -0.497 e. The first-order chi connectivity index (χ1) is 11.3. The van der Waals surface area contributed by atoms with Gasteiger partial charge in [0.05, 0.1) is 20.3 Å². The fourth-order valence-electron chi connectivity index (χ4n) is 3.17. The third-order valence-electron chi connectivity index (χ3n) is 4.42. The number of halogens is 2. The van der Waals surface area contributed by atoms with E-state index in [0.717, 1.165) is 43.9 Å². The molecule has 3 rings (SSSR count). The van der Waals surface area contributed by atoms with Crippen LogP contribution in [0.15, 0.2) is 24.3 Å². The second-order valence-electron chi connectivity index (χ2n) is 6.08. The third-order valence-corrected chi connectivity index (χ3v) is 4.42. The van der Waals surface area contributed by atoms with Crippen LogP contribution in [0, 0.1) is 0 Å². The zero-order chi connectivity index (χ0) is 16.1. The number of amides is 1. The van der Waals surface area contributed by atoms with E-state index in [1.54, 1.807) is 7.11 Å². The van der Waals surface area contributed by atoms with Crippen molar-refractivity contribution >= 4 is 36.4 Å². The van der Waals surface area contributed by atoms with Crippen molar-refractivity contribution < 1.29 is 14.3 Å². The summed E-state index contributed by atoms with van der Waals surface area (Å²) in [6.45, 7) is 3.70. The Kier molecular flexibility index (Phi) is 9.35. The second kappa shape index (κ2) is 10.7. The minimum atomic E-state index is -0.226. The van der Waals surface area contributed by atoms with Gasteiger partial charge in [0.1, 0.15) is 11.8 Å². The Hall–Kier alpha value is -1.21. The molecule has 2 aliphatic heterocycles. The van der Waals surface area contributed by atoms with Crippen LogP contribution in [0.25, 0.3) is 0 Å². The van der Waals surface area contributed by atoms with Crippen LogP contribution >= 0.6 is 24.8 Å². The highest BCUT2D eigenvalue weighted by atomic mass is 35.5. The second-order valence-corrected chi connectivity index (χ2v) is 6.08. The summed E-state index contributed by atoms with van der Waals surface area (Å²) in [5.41, 5.74) is 1.14. The maximum Gasteiger partial charge on any atom is 0.239 e. The van der Waals surface area contributed by atoms with Gasteiger partial charge < -0.3 is 25.0 Å². The highest BCUT2D eigenvalue weighted by Gasteiger charge is 2.26. The number of methoxy groups -OCH3 is 1. The Morgan fingerprint density at radius 1 is 1.40 bits per heavy atom.